The normalized spacial score (nSPS) is 15.4. The molecule has 0 unspecified atom stereocenters. The van der Waals surface area contributed by atoms with Crippen molar-refractivity contribution in [2.24, 2.45) is 4.99 Å². The molecule has 0 aromatic carbocycles. The highest BCUT2D eigenvalue weighted by Gasteiger charge is 2.06. The Balaban J connectivity index is 2.78. The van der Waals surface area contributed by atoms with Gasteiger partial charge in [0.05, 0.1) is 0 Å². The van der Waals surface area contributed by atoms with E-state index in [2.05, 4.69) is 9.73 Å². The molecule has 0 aromatic heterocycles. The summed E-state index contributed by atoms with van der Waals surface area (Å²) in [5.74, 6) is -1.23. The minimum absolute atomic E-state index is 0.127. The first-order valence-electron chi connectivity index (χ1n) is 2.59. The third-order valence-corrected chi connectivity index (χ3v) is 0.871. The summed E-state index contributed by atoms with van der Waals surface area (Å²) in [6.07, 6.45) is 5.34. The summed E-state index contributed by atoms with van der Waals surface area (Å²) in [6, 6.07) is 0. The Kier molecular flexibility index (Phi) is 1.84. The van der Waals surface area contributed by atoms with Crippen LogP contribution in [0.2, 0.25) is 0 Å². The summed E-state index contributed by atoms with van der Waals surface area (Å²) in [5, 5.41) is 8.37. The minimum atomic E-state index is -1.10. The van der Waals surface area contributed by atoms with Gasteiger partial charge in [-0.3, -0.25) is 0 Å². The van der Waals surface area contributed by atoms with E-state index in [1.807, 2.05) is 0 Å². The summed E-state index contributed by atoms with van der Waals surface area (Å²) in [4.78, 5) is 13.8. The number of aliphatic carboxylic acids is 1. The van der Waals surface area contributed by atoms with Crippen molar-refractivity contribution in [3.8, 4) is 0 Å². The van der Waals surface area contributed by atoms with Crippen LogP contribution in [0, 0.1) is 0 Å². The van der Waals surface area contributed by atoms with E-state index in [4.69, 9.17) is 5.11 Å². The fraction of sp³-hybridized carbons (Fsp3) is 0. The van der Waals surface area contributed by atoms with Gasteiger partial charge >= 0.3 is 5.97 Å². The molecule has 0 amide bonds. The van der Waals surface area contributed by atoms with Crippen LogP contribution in [0.5, 0.6) is 0 Å². The van der Waals surface area contributed by atoms with Crippen LogP contribution in [-0.4, -0.2) is 17.5 Å². The van der Waals surface area contributed by atoms with Crippen molar-refractivity contribution in [1.29, 1.82) is 0 Å². The first-order chi connectivity index (χ1) is 4.80. The Morgan fingerprint density at radius 2 is 2.50 bits per heavy atom. The average Bonchev–Trinajstić information content (AvgIpc) is 2.12. The number of ether oxygens (including phenoxy) is 1. The second kappa shape index (κ2) is 2.82. The van der Waals surface area contributed by atoms with Crippen molar-refractivity contribution in [2.75, 3.05) is 0 Å². The number of carboxylic acid groups (broad SMARTS) is 1. The topological polar surface area (TPSA) is 58.9 Å². The van der Waals surface area contributed by atoms with Crippen molar-refractivity contribution >= 4 is 12.4 Å². The van der Waals surface area contributed by atoms with E-state index in [-0.39, 0.29) is 5.76 Å². The number of carboxylic acids is 1. The third-order valence-electron chi connectivity index (χ3n) is 0.871. The monoisotopic (exact) mass is 139 g/mol. The molecule has 4 nitrogen and oxygen atoms in total. The van der Waals surface area contributed by atoms with Crippen LogP contribution < -0.4 is 0 Å². The highest BCUT2D eigenvalue weighted by Crippen LogP contribution is 1.99. The van der Waals surface area contributed by atoms with Gasteiger partial charge in [0.2, 0.25) is 5.76 Å². The zero-order valence-corrected chi connectivity index (χ0v) is 5.02. The largest absolute Gasteiger partial charge is 0.475 e. The minimum Gasteiger partial charge on any atom is -0.475 e. The van der Waals surface area contributed by atoms with Gasteiger partial charge in [-0.15, -0.1) is 0 Å². The Hall–Kier alpha value is -1.58. The van der Waals surface area contributed by atoms with Crippen molar-refractivity contribution in [1.82, 2.24) is 0 Å². The lowest BCUT2D eigenvalue weighted by atomic mass is 10.4. The summed E-state index contributed by atoms with van der Waals surface area (Å²) in [5.41, 5.74) is 0. The fourth-order valence-electron chi connectivity index (χ4n) is 0.463. The van der Waals surface area contributed by atoms with Crippen molar-refractivity contribution in [2.45, 2.75) is 0 Å². The average molecular weight is 139 g/mol. The van der Waals surface area contributed by atoms with E-state index in [1.54, 1.807) is 0 Å². The standard InChI is InChI=1S/C6H5NO3/c8-6(9)5-2-1-3-7-4-10-5/h1-4H,(H,8,9). The fourth-order valence-corrected chi connectivity index (χ4v) is 0.463. The lowest BCUT2D eigenvalue weighted by Crippen LogP contribution is -2.02. The van der Waals surface area contributed by atoms with Gasteiger partial charge < -0.3 is 9.84 Å². The van der Waals surface area contributed by atoms with E-state index in [9.17, 15) is 4.79 Å². The maximum absolute atomic E-state index is 10.2. The maximum Gasteiger partial charge on any atom is 0.371 e. The molecule has 1 N–H and O–H groups in total. The Morgan fingerprint density at radius 3 is 3.20 bits per heavy atom. The zero-order valence-electron chi connectivity index (χ0n) is 5.02. The van der Waals surface area contributed by atoms with Crippen LogP contribution >= 0.6 is 0 Å². The number of hydrogen-bond acceptors (Lipinski definition) is 3. The van der Waals surface area contributed by atoms with Gasteiger partial charge in [0.15, 0.2) is 6.40 Å². The molecule has 0 bridgehead atoms. The number of carbonyl (C=O) groups is 1. The van der Waals surface area contributed by atoms with Gasteiger partial charge in [0.1, 0.15) is 0 Å². The van der Waals surface area contributed by atoms with Gasteiger partial charge in [-0.25, -0.2) is 9.79 Å². The van der Waals surface area contributed by atoms with Crippen LogP contribution in [-0.2, 0) is 9.53 Å². The third kappa shape index (κ3) is 1.45. The molecule has 4 heteroatoms. The molecule has 10 heavy (non-hydrogen) atoms. The van der Waals surface area contributed by atoms with Gasteiger partial charge in [-0.2, -0.15) is 0 Å². The second-order valence-electron chi connectivity index (χ2n) is 1.55. The second-order valence-corrected chi connectivity index (χ2v) is 1.55. The molecule has 0 atom stereocenters. The Labute approximate surface area is 57.1 Å². The molecule has 1 heterocycles. The van der Waals surface area contributed by atoms with E-state index in [0.29, 0.717) is 0 Å². The quantitative estimate of drug-likeness (QED) is 0.576. The molecule has 1 aliphatic rings. The molecule has 1 aliphatic heterocycles. The molecule has 0 spiro atoms. The molecule has 52 valence electrons. The van der Waals surface area contributed by atoms with Gasteiger partial charge in [-0.1, -0.05) is 0 Å². The highest BCUT2D eigenvalue weighted by atomic mass is 16.5. The van der Waals surface area contributed by atoms with Crippen molar-refractivity contribution < 1.29 is 14.6 Å². The number of rotatable bonds is 1. The molecule has 0 radical (unpaired) electrons. The molecule has 0 saturated carbocycles. The van der Waals surface area contributed by atoms with Crippen molar-refractivity contribution in [3.63, 3.8) is 0 Å². The predicted octanol–water partition coefficient (Wildman–Crippen LogP) is 0.527. The van der Waals surface area contributed by atoms with Gasteiger partial charge in [0, 0.05) is 6.20 Å². The van der Waals surface area contributed by atoms with Crippen molar-refractivity contribution in [3.05, 3.63) is 24.1 Å². The predicted molar refractivity (Wildman–Crippen MR) is 34.4 cm³/mol. The molecule has 0 aromatic rings. The number of allylic oxidation sites excluding steroid dienone is 2. The number of nitrogens with zero attached hydrogens (tertiary/aromatic N) is 1. The zero-order chi connectivity index (χ0) is 7.40. The van der Waals surface area contributed by atoms with Crippen LogP contribution in [0.1, 0.15) is 0 Å². The van der Waals surface area contributed by atoms with E-state index in [0.717, 1.165) is 6.40 Å². The molecular weight excluding hydrogens is 134 g/mol. The van der Waals surface area contributed by atoms with Gasteiger partial charge in [0.25, 0.3) is 0 Å². The summed E-state index contributed by atoms with van der Waals surface area (Å²) in [6.45, 7) is 0. The Bertz CT molecular complexity index is 227. The first kappa shape index (κ1) is 6.54. The molecule has 0 saturated heterocycles. The summed E-state index contributed by atoms with van der Waals surface area (Å²) >= 11 is 0. The highest BCUT2D eigenvalue weighted by molar-refractivity contribution is 5.86. The van der Waals surface area contributed by atoms with E-state index in [1.165, 1.54) is 18.4 Å². The molecule has 0 aliphatic carbocycles. The number of aliphatic imine (C=N–C) groups is 1. The molecular formula is C6H5NO3. The van der Waals surface area contributed by atoms with Crippen LogP contribution in [0.25, 0.3) is 0 Å². The summed E-state index contributed by atoms with van der Waals surface area (Å²) in [7, 11) is 0. The lowest BCUT2D eigenvalue weighted by molar-refractivity contribution is -0.135. The SMILES string of the molecule is O=C(O)C1=CC=CN=CO1. The first-order valence-corrected chi connectivity index (χ1v) is 2.59. The summed E-state index contributed by atoms with van der Waals surface area (Å²) < 4.78 is 4.57. The number of hydrogen-bond donors (Lipinski definition) is 1. The Morgan fingerprint density at radius 1 is 1.70 bits per heavy atom. The van der Waals surface area contributed by atoms with E-state index < -0.39 is 5.97 Å². The lowest BCUT2D eigenvalue weighted by Gasteiger charge is -1.94. The molecule has 1 rings (SSSR count). The maximum atomic E-state index is 10.2. The smallest absolute Gasteiger partial charge is 0.371 e. The van der Waals surface area contributed by atoms with E-state index >= 15 is 0 Å². The molecule has 0 fully saturated rings. The van der Waals surface area contributed by atoms with Gasteiger partial charge in [-0.05, 0) is 12.2 Å². The van der Waals surface area contributed by atoms with Crippen LogP contribution in [0.15, 0.2) is 29.1 Å². The van der Waals surface area contributed by atoms with Crippen LogP contribution in [0.4, 0.5) is 0 Å². The van der Waals surface area contributed by atoms with Crippen LogP contribution in [0.3, 0.4) is 0 Å².